The van der Waals surface area contributed by atoms with E-state index in [1.54, 1.807) is 18.2 Å². The molecule has 0 saturated carbocycles. The Balaban J connectivity index is 2.03. The zero-order chi connectivity index (χ0) is 17.0. The van der Waals surface area contributed by atoms with Crippen LogP contribution < -0.4 is 10.7 Å². The maximum atomic E-state index is 13.0. The summed E-state index contributed by atoms with van der Waals surface area (Å²) in [6.07, 6.45) is 0. The summed E-state index contributed by atoms with van der Waals surface area (Å²) in [4.78, 5) is 25.3. The molecule has 0 aliphatic carbocycles. The fourth-order valence-corrected chi connectivity index (χ4v) is 3.16. The molecule has 120 valence electrons. The van der Waals surface area contributed by atoms with Gasteiger partial charge in [0.05, 0.1) is 17.0 Å². The van der Waals surface area contributed by atoms with E-state index in [1.807, 2.05) is 19.9 Å². The van der Waals surface area contributed by atoms with E-state index in [1.165, 1.54) is 12.1 Å². The third kappa shape index (κ3) is 1.94. The van der Waals surface area contributed by atoms with E-state index >= 15 is 0 Å². The highest BCUT2D eigenvalue weighted by atomic mass is 16.3. The molecule has 4 rings (SSSR count). The summed E-state index contributed by atoms with van der Waals surface area (Å²) >= 11 is 0. The van der Waals surface area contributed by atoms with Gasteiger partial charge in [-0.25, -0.2) is 0 Å². The topological polar surface area (TPSA) is 79.5 Å². The van der Waals surface area contributed by atoms with Crippen molar-refractivity contribution in [2.24, 2.45) is 0 Å². The van der Waals surface area contributed by atoms with Gasteiger partial charge in [-0.15, -0.1) is 0 Å². The van der Waals surface area contributed by atoms with Gasteiger partial charge >= 0.3 is 0 Å². The minimum Gasteiger partial charge on any atom is -0.508 e. The number of benzene rings is 2. The highest BCUT2D eigenvalue weighted by Crippen LogP contribution is 2.33. The van der Waals surface area contributed by atoms with Crippen molar-refractivity contribution in [3.05, 3.63) is 74.6 Å². The number of carbonyl (C=O) groups is 1. The van der Waals surface area contributed by atoms with Gasteiger partial charge in [0.2, 0.25) is 5.76 Å². The second kappa shape index (κ2) is 4.96. The van der Waals surface area contributed by atoms with Crippen LogP contribution >= 0.6 is 0 Å². The molecule has 0 fully saturated rings. The largest absolute Gasteiger partial charge is 0.508 e. The number of phenolic OH excluding ortho intramolecular Hbond substituents is 1. The molecule has 0 unspecified atom stereocenters. The Kier molecular flexibility index (Phi) is 3.00. The Morgan fingerprint density at radius 3 is 2.67 bits per heavy atom. The van der Waals surface area contributed by atoms with Crippen LogP contribution in [0.4, 0.5) is 0 Å². The molecule has 5 nitrogen and oxygen atoms in total. The summed E-state index contributed by atoms with van der Waals surface area (Å²) < 4.78 is 5.82. The smallest absolute Gasteiger partial charge is 0.288 e. The Hall–Kier alpha value is -3.08. The molecule has 1 atom stereocenters. The number of fused-ring (bicyclic) bond motifs is 2. The van der Waals surface area contributed by atoms with E-state index in [4.69, 9.17) is 4.42 Å². The van der Waals surface area contributed by atoms with Gasteiger partial charge in [0, 0.05) is 0 Å². The van der Waals surface area contributed by atoms with Crippen molar-refractivity contribution in [3.63, 3.8) is 0 Å². The summed E-state index contributed by atoms with van der Waals surface area (Å²) in [5, 5.41) is 12.9. The molecule has 0 spiro atoms. The molecule has 2 N–H and O–H groups in total. The minimum atomic E-state index is -0.623. The van der Waals surface area contributed by atoms with Crippen molar-refractivity contribution in [1.29, 1.82) is 0 Å². The van der Waals surface area contributed by atoms with Crippen LogP contribution in [0.5, 0.6) is 5.75 Å². The van der Waals surface area contributed by atoms with Crippen molar-refractivity contribution in [2.75, 3.05) is 0 Å². The van der Waals surface area contributed by atoms with E-state index < -0.39 is 11.9 Å². The van der Waals surface area contributed by atoms with E-state index in [2.05, 4.69) is 5.32 Å². The normalized spacial score (nSPS) is 16.2. The van der Waals surface area contributed by atoms with Crippen molar-refractivity contribution in [3.8, 4) is 5.75 Å². The van der Waals surface area contributed by atoms with E-state index in [9.17, 15) is 14.7 Å². The van der Waals surface area contributed by atoms with Crippen molar-refractivity contribution in [1.82, 2.24) is 5.32 Å². The number of aryl methyl sites for hydroxylation is 2. The lowest BCUT2D eigenvalue weighted by molar-refractivity contribution is 0.0937. The quantitative estimate of drug-likeness (QED) is 0.722. The van der Waals surface area contributed by atoms with Crippen LogP contribution in [0.1, 0.15) is 38.9 Å². The molecular weight excluding hydrogens is 306 g/mol. The number of carbonyl (C=O) groups excluding carboxylic acids is 1. The lowest BCUT2D eigenvalue weighted by Crippen LogP contribution is -2.21. The van der Waals surface area contributed by atoms with Gasteiger partial charge in [-0.3, -0.25) is 9.59 Å². The van der Waals surface area contributed by atoms with Crippen LogP contribution in [0.3, 0.4) is 0 Å². The Bertz CT molecular complexity index is 1060. The molecule has 3 aromatic rings. The second-order valence-electron chi connectivity index (χ2n) is 6.06. The number of rotatable bonds is 1. The average molecular weight is 321 g/mol. The van der Waals surface area contributed by atoms with Gasteiger partial charge in [0.25, 0.3) is 5.91 Å². The summed E-state index contributed by atoms with van der Waals surface area (Å²) in [5.41, 5.74) is 3.00. The van der Waals surface area contributed by atoms with Crippen LogP contribution in [-0.2, 0) is 0 Å². The number of aromatic hydroxyl groups is 1. The zero-order valence-electron chi connectivity index (χ0n) is 13.2. The standard InChI is InChI=1S/C19H15NO4/c1-9-6-7-13-16(22)14-15(11-4-3-5-12(21)8-11)20-19(23)18(14)24-17(13)10(9)2/h3-8,15,21H,1-2H3,(H,20,23)/t15-/m1/s1. The predicted molar refractivity (Wildman–Crippen MR) is 89.4 cm³/mol. The second-order valence-corrected chi connectivity index (χ2v) is 6.06. The Labute approximate surface area is 137 Å². The lowest BCUT2D eigenvalue weighted by atomic mass is 9.98. The molecular formula is C19H15NO4. The molecule has 1 aromatic heterocycles. The molecule has 1 aliphatic rings. The summed E-state index contributed by atoms with van der Waals surface area (Å²) in [6.45, 7) is 3.80. The number of hydrogen-bond donors (Lipinski definition) is 2. The number of amides is 1. The highest BCUT2D eigenvalue weighted by Gasteiger charge is 2.36. The molecule has 0 saturated heterocycles. The highest BCUT2D eigenvalue weighted by molar-refractivity contribution is 5.99. The number of hydrogen-bond acceptors (Lipinski definition) is 4. The average Bonchev–Trinajstić information content (AvgIpc) is 2.89. The zero-order valence-corrected chi connectivity index (χ0v) is 13.2. The van der Waals surface area contributed by atoms with Gasteiger partial charge in [0.15, 0.2) is 5.43 Å². The Morgan fingerprint density at radius 1 is 1.12 bits per heavy atom. The molecule has 1 amide bonds. The predicted octanol–water partition coefficient (Wildman–Crippen LogP) is 2.95. The maximum absolute atomic E-state index is 13.0. The third-order valence-corrected chi connectivity index (χ3v) is 4.59. The fourth-order valence-electron chi connectivity index (χ4n) is 3.16. The third-order valence-electron chi connectivity index (χ3n) is 4.59. The van der Waals surface area contributed by atoms with Gasteiger partial charge in [-0.05, 0) is 48.7 Å². The first-order valence-corrected chi connectivity index (χ1v) is 7.64. The Morgan fingerprint density at radius 2 is 1.92 bits per heavy atom. The molecule has 2 aromatic carbocycles. The van der Waals surface area contributed by atoms with Crippen LogP contribution in [0.15, 0.2) is 45.6 Å². The van der Waals surface area contributed by atoms with Crippen LogP contribution in [0.2, 0.25) is 0 Å². The first-order valence-electron chi connectivity index (χ1n) is 7.64. The summed E-state index contributed by atoms with van der Waals surface area (Å²) in [5.74, 6) is -0.292. The van der Waals surface area contributed by atoms with E-state index in [0.717, 1.165) is 11.1 Å². The first-order chi connectivity index (χ1) is 11.5. The van der Waals surface area contributed by atoms with Crippen LogP contribution in [0, 0.1) is 13.8 Å². The molecule has 5 heteroatoms. The van der Waals surface area contributed by atoms with Crippen LogP contribution in [0.25, 0.3) is 11.0 Å². The van der Waals surface area contributed by atoms with Crippen molar-refractivity contribution < 1.29 is 14.3 Å². The molecule has 0 bridgehead atoms. The lowest BCUT2D eigenvalue weighted by Gasteiger charge is -2.12. The SMILES string of the molecule is Cc1ccc2c(=O)c3c(oc2c1C)C(=O)N[C@@H]3c1cccc(O)c1. The van der Waals surface area contributed by atoms with E-state index in [0.29, 0.717) is 22.1 Å². The molecule has 0 radical (unpaired) electrons. The summed E-state index contributed by atoms with van der Waals surface area (Å²) in [6, 6.07) is 9.47. The molecule has 2 heterocycles. The van der Waals surface area contributed by atoms with Crippen molar-refractivity contribution in [2.45, 2.75) is 19.9 Å². The van der Waals surface area contributed by atoms with Crippen molar-refractivity contribution >= 4 is 16.9 Å². The summed E-state index contributed by atoms with van der Waals surface area (Å²) in [7, 11) is 0. The maximum Gasteiger partial charge on any atom is 0.288 e. The monoisotopic (exact) mass is 321 g/mol. The minimum absolute atomic E-state index is 0.0505. The number of phenols is 1. The van der Waals surface area contributed by atoms with Gasteiger partial charge in [-0.2, -0.15) is 0 Å². The van der Waals surface area contributed by atoms with E-state index in [-0.39, 0.29) is 16.9 Å². The van der Waals surface area contributed by atoms with Crippen LogP contribution in [-0.4, -0.2) is 11.0 Å². The molecule has 1 aliphatic heterocycles. The van der Waals surface area contributed by atoms with Gasteiger partial charge in [-0.1, -0.05) is 18.2 Å². The van der Waals surface area contributed by atoms with Gasteiger partial charge < -0.3 is 14.8 Å². The fraction of sp³-hybridized carbons (Fsp3) is 0.158. The number of nitrogens with one attached hydrogen (secondary N) is 1. The first kappa shape index (κ1) is 14.5. The molecule has 24 heavy (non-hydrogen) atoms. The van der Waals surface area contributed by atoms with Gasteiger partial charge in [0.1, 0.15) is 11.3 Å².